The van der Waals surface area contributed by atoms with Crippen LogP contribution in [0.5, 0.6) is 0 Å². The number of hydrogen-bond acceptors (Lipinski definition) is 5. The molecule has 1 aromatic heterocycles. The van der Waals surface area contributed by atoms with Gasteiger partial charge in [0.05, 0.1) is 22.5 Å². The quantitative estimate of drug-likeness (QED) is 0.661. The Morgan fingerprint density at radius 1 is 1.24 bits per heavy atom. The standard InChI is InChI=1S/C12H14N4O4S/c1-7-4-8(2)11(16(17)18)5-10(7)15-21(19,20)12-6-13-14-9(12)3/h4-6,15H,1-3H3,(H,13,14). The van der Waals surface area contributed by atoms with Crippen LogP contribution in [0.3, 0.4) is 0 Å². The maximum atomic E-state index is 12.3. The highest BCUT2D eigenvalue weighted by atomic mass is 32.2. The van der Waals surface area contributed by atoms with Crippen LogP contribution in [0.2, 0.25) is 0 Å². The van der Waals surface area contributed by atoms with E-state index in [0.717, 1.165) is 0 Å². The fraction of sp³-hybridized carbons (Fsp3) is 0.250. The summed E-state index contributed by atoms with van der Waals surface area (Å²) >= 11 is 0. The molecule has 0 aliphatic carbocycles. The number of nitrogens with zero attached hydrogens (tertiary/aromatic N) is 2. The van der Waals surface area contributed by atoms with Gasteiger partial charge < -0.3 is 0 Å². The molecule has 0 spiro atoms. The second-order valence-electron chi connectivity index (χ2n) is 4.68. The van der Waals surface area contributed by atoms with Crippen LogP contribution in [-0.4, -0.2) is 23.5 Å². The van der Waals surface area contributed by atoms with Crippen molar-refractivity contribution in [2.45, 2.75) is 25.7 Å². The Morgan fingerprint density at radius 3 is 2.43 bits per heavy atom. The Balaban J connectivity index is 2.47. The summed E-state index contributed by atoms with van der Waals surface area (Å²) in [6.07, 6.45) is 1.19. The van der Waals surface area contributed by atoms with Crippen molar-refractivity contribution in [1.82, 2.24) is 10.2 Å². The molecule has 1 heterocycles. The summed E-state index contributed by atoms with van der Waals surface area (Å²) in [5.74, 6) is 0. The van der Waals surface area contributed by atoms with Crippen LogP contribution >= 0.6 is 0 Å². The van der Waals surface area contributed by atoms with Gasteiger partial charge in [0.2, 0.25) is 0 Å². The number of rotatable bonds is 4. The van der Waals surface area contributed by atoms with Gasteiger partial charge in [-0.25, -0.2) is 8.42 Å². The molecule has 112 valence electrons. The van der Waals surface area contributed by atoms with Gasteiger partial charge in [-0.2, -0.15) is 5.10 Å². The van der Waals surface area contributed by atoms with Crippen molar-refractivity contribution in [3.05, 3.63) is 45.3 Å². The molecule has 0 fully saturated rings. The normalized spacial score (nSPS) is 11.4. The number of sulfonamides is 1. The Bertz CT molecular complexity index is 811. The summed E-state index contributed by atoms with van der Waals surface area (Å²) in [5, 5.41) is 17.1. The molecule has 1 aromatic carbocycles. The SMILES string of the molecule is Cc1cc(C)c([N+](=O)[O-])cc1NS(=O)(=O)c1cn[nH]c1C. The average molecular weight is 310 g/mol. The molecule has 2 N–H and O–H groups in total. The van der Waals surface area contributed by atoms with Crippen molar-refractivity contribution >= 4 is 21.4 Å². The molecule has 21 heavy (non-hydrogen) atoms. The predicted molar refractivity (Wildman–Crippen MR) is 76.7 cm³/mol. The first-order valence-electron chi connectivity index (χ1n) is 6.01. The molecule has 0 unspecified atom stereocenters. The monoisotopic (exact) mass is 310 g/mol. The van der Waals surface area contributed by atoms with E-state index in [1.165, 1.54) is 12.3 Å². The van der Waals surface area contributed by atoms with E-state index >= 15 is 0 Å². The van der Waals surface area contributed by atoms with Gasteiger partial charge in [-0.15, -0.1) is 0 Å². The molecule has 0 radical (unpaired) electrons. The van der Waals surface area contributed by atoms with E-state index in [9.17, 15) is 18.5 Å². The van der Waals surface area contributed by atoms with Crippen molar-refractivity contribution in [1.29, 1.82) is 0 Å². The fourth-order valence-corrected chi connectivity index (χ4v) is 3.22. The average Bonchev–Trinajstić information content (AvgIpc) is 2.79. The third-order valence-electron chi connectivity index (χ3n) is 3.06. The summed E-state index contributed by atoms with van der Waals surface area (Å²) in [4.78, 5) is 10.4. The molecule has 0 aliphatic rings. The topological polar surface area (TPSA) is 118 Å². The summed E-state index contributed by atoms with van der Waals surface area (Å²) in [6, 6.07) is 2.79. The maximum absolute atomic E-state index is 12.3. The molecule has 0 bridgehead atoms. The lowest BCUT2D eigenvalue weighted by atomic mass is 10.1. The van der Waals surface area contributed by atoms with E-state index in [4.69, 9.17) is 0 Å². The third kappa shape index (κ3) is 2.87. The largest absolute Gasteiger partial charge is 0.281 e. The molecular weight excluding hydrogens is 296 g/mol. The molecule has 9 heteroatoms. The molecule has 0 amide bonds. The van der Waals surface area contributed by atoms with Crippen LogP contribution in [0, 0.1) is 30.9 Å². The van der Waals surface area contributed by atoms with Crippen LogP contribution < -0.4 is 4.72 Å². The number of nitrogens with one attached hydrogen (secondary N) is 2. The van der Waals surface area contributed by atoms with Crippen LogP contribution in [0.15, 0.2) is 23.2 Å². The molecule has 8 nitrogen and oxygen atoms in total. The molecule has 0 aliphatic heterocycles. The minimum absolute atomic E-state index is 0.00475. The van der Waals surface area contributed by atoms with Gasteiger partial charge in [-0.05, 0) is 32.4 Å². The Labute approximate surface area is 121 Å². The molecule has 0 saturated heterocycles. The lowest BCUT2D eigenvalue weighted by Gasteiger charge is -2.11. The highest BCUT2D eigenvalue weighted by molar-refractivity contribution is 7.92. The van der Waals surface area contributed by atoms with Gasteiger partial charge in [-0.3, -0.25) is 19.9 Å². The minimum atomic E-state index is -3.84. The van der Waals surface area contributed by atoms with E-state index in [-0.39, 0.29) is 16.3 Å². The van der Waals surface area contributed by atoms with Crippen molar-refractivity contribution < 1.29 is 13.3 Å². The number of aryl methyl sites for hydroxylation is 3. The van der Waals surface area contributed by atoms with Gasteiger partial charge in [-0.1, -0.05) is 0 Å². The van der Waals surface area contributed by atoms with E-state index < -0.39 is 14.9 Å². The summed E-state index contributed by atoms with van der Waals surface area (Å²) < 4.78 is 26.9. The van der Waals surface area contributed by atoms with Crippen molar-refractivity contribution in [2.24, 2.45) is 0 Å². The molecule has 0 atom stereocenters. The zero-order valence-corrected chi connectivity index (χ0v) is 12.5. The number of benzene rings is 1. The van der Waals surface area contributed by atoms with Crippen molar-refractivity contribution in [3.63, 3.8) is 0 Å². The van der Waals surface area contributed by atoms with Gasteiger partial charge in [0.15, 0.2) is 0 Å². The number of H-pyrrole nitrogens is 1. The summed E-state index contributed by atoms with van der Waals surface area (Å²) in [6.45, 7) is 4.85. The second-order valence-corrected chi connectivity index (χ2v) is 6.33. The Kier molecular flexibility index (Phi) is 3.69. The van der Waals surface area contributed by atoms with Crippen LogP contribution in [0.4, 0.5) is 11.4 Å². The highest BCUT2D eigenvalue weighted by Crippen LogP contribution is 2.28. The number of hydrogen-bond donors (Lipinski definition) is 2. The van der Waals surface area contributed by atoms with Crippen molar-refractivity contribution in [3.8, 4) is 0 Å². The van der Waals surface area contributed by atoms with Crippen molar-refractivity contribution in [2.75, 3.05) is 4.72 Å². The number of nitro groups is 1. The molecule has 0 saturated carbocycles. The highest BCUT2D eigenvalue weighted by Gasteiger charge is 2.21. The van der Waals surface area contributed by atoms with Gasteiger partial charge >= 0.3 is 0 Å². The second kappa shape index (κ2) is 5.17. The smallest absolute Gasteiger partial charge is 0.274 e. The number of anilines is 1. The number of aromatic nitrogens is 2. The van der Waals surface area contributed by atoms with Gasteiger partial charge in [0.1, 0.15) is 4.90 Å². The van der Waals surface area contributed by atoms with Crippen LogP contribution in [0.25, 0.3) is 0 Å². The van der Waals surface area contributed by atoms with E-state index in [0.29, 0.717) is 16.8 Å². The van der Waals surface area contributed by atoms with E-state index in [1.807, 2.05) is 0 Å². The number of aromatic amines is 1. The van der Waals surface area contributed by atoms with E-state index in [2.05, 4.69) is 14.9 Å². The van der Waals surface area contributed by atoms with E-state index in [1.54, 1.807) is 26.8 Å². The first-order valence-corrected chi connectivity index (χ1v) is 7.49. The van der Waals surface area contributed by atoms with Gasteiger partial charge in [0, 0.05) is 11.6 Å². The summed E-state index contributed by atoms with van der Waals surface area (Å²) in [5.41, 5.74) is 1.50. The zero-order chi connectivity index (χ0) is 15.8. The van der Waals surface area contributed by atoms with Crippen LogP contribution in [0.1, 0.15) is 16.8 Å². The first kappa shape index (κ1) is 15.0. The third-order valence-corrected chi connectivity index (χ3v) is 4.54. The predicted octanol–water partition coefficient (Wildman–Crippen LogP) is 2.04. The Hall–Kier alpha value is -2.42. The lowest BCUT2D eigenvalue weighted by molar-refractivity contribution is -0.385. The summed E-state index contributed by atoms with van der Waals surface area (Å²) in [7, 11) is -3.84. The minimum Gasteiger partial charge on any atom is -0.281 e. The molecule has 2 rings (SSSR count). The molecular formula is C12H14N4O4S. The number of nitro benzene ring substituents is 1. The zero-order valence-electron chi connectivity index (χ0n) is 11.7. The molecule has 2 aromatic rings. The van der Waals surface area contributed by atoms with Crippen LogP contribution in [-0.2, 0) is 10.0 Å². The fourth-order valence-electron chi connectivity index (χ4n) is 1.96. The Morgan fingerprint density at radius 2 is 1.90 bits per heavy atom. The van der Waals surface area contributed by atoms with Gasteiger partial charge in [0.25, 0.3) is 15.7 Å². The maximum Gasteiger partial charge on any atom is 0.274 e. The first-order chi connectivity index (χ1) is 9.72. The lowest BCUT2D eigenvalue weighted by Crippen LogP contribution is -2.14.